The maximum atomic E-state index is 9.26. The highest BCUT2D eigenvalue weighted by Gasteiger charge is 2.27. The quantitative estimate of drug-likeness (QED) is 0.797. The molecule has 1 unspecified atom stereocenters. The molecule has 90 valence electrons. The Balaban J connectivity index is 2.22. The average molecular weight is 232 g/mol. The summed E-state index contributed by atoms with van der Waals surface area (Å²) in [7, 11) is 3.83. The number of hydrogen-bond donors (Lipinski definition) is 0. The first-order valence-corrected chi connectivity index (χ1v) is 5.52. The van der Waals surface area contributed by atoms with Crippen LogP contribution >= 0.6 is 0 Å². The van der Waals surface area contributed by atoms with Gasteiger partial charge in [0.05, 0.1) is 6.07 Å². The van der Waals surface area contributed by atoms with Gasteiger partial charge in [-0.25, -0.2) is 0 Å². The number of hydrogen-bond acceptors (Lipinski definition) is 4. The van der Waals surface area contributed by atoms with Gasteiger partial charge in [-0.3, -0.25) is 4.90 Å². The molecule has 0 saturated carbocycles. The summed E-state index contributed by atoms with van der Waals surface area (Å²) in [5.41, 5.74) is 0.570. The van der Waals surface area contributed by atoms with Crippen LogP contribution in [0.25, 0.3) is 0 Å². The Morgan fingerprint density at radius 3 is 2.71 bits per heavy atom. The number of fused-ring (bicyclic) bond motifs is 1. The van der Waals surface area contributed by atoms with Crippen LogP contribution in [0, 0.1) is 11.3 Å². The molecule has 0 spiro atoms. The van der Waals surface area contributed by atoms with Crippen molar-refractivity contribution in [2.75, 3.05) is 20.9 Å². The Bertz CT molecular complexity index is 465. The molecule has 0 fully saturated rings. The molecule has 1 heterocycles. The summed E-state index contributed by atoms with van der Waals surface area (Å²) in [5.74, 6) is 1.54. The van der Waals surface area contributed by atoms with Gasteiger partial charge in [-0.1, -0.05) is 6.07 Å². The van der Waals surface area contributed by atoms with E-state index in [1.807, 2.05) is 44.1 Å². The van der Waals surface area contributed by atoms with E-state index in [4.69, 9.17) is 9.47 Å². The summed E-state index contributed by atoms with van der Waals surface area (Å²) in [6.45, 7) is 2.21. The van der Waals surface area contributed by atoms with Crippen LogP contribution in [0.15, 0.2) is 18.2 Å². The van der Waals surface area contributed by atoms with Crippen molar-refractivity contribution in [2.45, 2.75) is 18.9 Å². The van der Waals surface area contributed by atoms with Gasteiger partial charge in [0.25, 0.3) is 0 Å². The van der Waals surface area contributed by atoms with Gasteiger partial charge in [0.1, 0.15) is 5.54 Å². The van der Waals surface area contributed by atoms with E-state index in [0.717, 1.165) is 17.1 Å². The predicted octanol–water partition coefficient (Wildman–Crippen LogP) is 1.80. The molecular weight excluding hydrogens is 216 g/mol. The van der Waals surface area contributed by atoms with Crippen molar-refractivity contribution in [3.8, 4) is 17.6 Å². The Morgan fingerprint density at radius 1 is 1.35 bits per heavy atom. The number of benzene rings is 1. The zero-order chi connectivity index (χ0) is 12.5. The van der Waals surface area contributed by atoms with Crippen LogP contribution in [-0.2, 0) is 6.42 Å². The van der Waals surface area contributed by atoms with Crippen LogP contribution in [0.2, 0.25) is 0 Å². The molecule has 1 aliphatic heterocycles. The number of rotatable bonds is 3. The third kappa shape index (κ3) is 2.20. The lowest BCUT2D eigenvalue weighted by Gasteiger charge is -2.29. The number of ether oxygens (including phenoxy) is 2. The van der Waals surface area contributed by atoms with Gasteiger partial charge in [0.15, 0.2) is 11.5 Å². The molecule has 4 heteroatoms. The summed E-state index contributed by atoms with van der Waals surface area (Å²) < 4.78 is 10.6. The predicted molar refractivity (Wildman–Crippen MR) is 64.0 cm³/mol. The highest BCUT2D eigenvalue weighted by atomic mass is 16.7. The lowest BCUT2D eigenvalue weighted by molar-refractivity contribution is 0.174. The number of nitriles is 1. The van der Waals surface area contributed by atoms with Crippen molar-refractivity contribution in [1.82, 2.24) is 4.90 Å². The molecule has 0 aromatic heterocycles. The van der Waals surface area contributed by atoms with Crippen LogP contribution in [0.5, 0.6) is 11.5 Å². The minimum Gasteiger partial charge on any atom is -0.454 e. The molecule has 1 aliphatic rings. The van der Waals surface area contributed by atoms with Crippen LogP contribution in [-0.4, -0.2) is 31.3 Å². The molecule has 2 rings (SSSR count). The first kappa shape index (κ1) is 11.7. The lowest BCUT2D eigenvalue weighted by Crippen LogP contribution is -2.41. The molecule has 0 radical (unpaired) electrons. The second-order valence-corrected chi connectivity index (χ2v) is 4.64. The van der Waals surface area contributed by atoms with Crippen molar-refractivity contribution in [3.05, 3.63) is 23.8 Å². The van der Waals surface area contributed by atoms with Crippen molar-refractivity contribution >= 4 is 0 Å². The highest BCUT2D eigenvalue weighted by Crippen LogP contribution is 2.33. The Hall–Kier alpha value is -1.73. The minimum atomic E-state index is -0.506. The Kier molecular flexibility index (Phi) is 2.95. The summed E-state index contributed by atoms with van der Waals surface area (Å²) in [5, 5.41) is 9.26. The first-order chi connectivity index (χ1) is 8.05. The maximum Gasteiger partial charge on any atom is 0.231 e. The van der Waals surface area contributed by atoms with E-state index >= 15 is 0 Å². The van der Waals surface area contributed by atoms with E-state index in [0.29, 0.717) is 6.42 Å². The maximum absolute atomic E-state index is 9.26. The van der Waals surface area contributed by atoms with Crippen molar-refractivity contribution < 1.29 is 9.47 Å². The second kappa shape index (κ2) is 4.27. The van der Waals surface area contributed by atoms with Gasteiger partial charge in [0, 0.05) is 6.42 Å². The van der Waals surface area contributed by atoms with E-state index in [1.54, 1.807) is 0 Å². The van der Waals surface area contributed by atoms with E-state index < -0.39 is 5.54 Å². The van der Waals surface area contributed by atoms with Crippen molar-refractivity contribution in [1.29, 1.82) is 5.26 Å². The van der Waals surface area contributed by atoms with Gasteiger partial charge in [0.2, 0.25) is 6.79 Å². The molecule has 0 saturated heterocycles. The smallest absolute Gasteiger partial charge is 0.231 e. The molecule has 0 bridgehead atoms. The lowest BCUT2D eigenvalue weighted by atomic mass is 9.93. The van der Waals surface area contributed by atoms with Crippen molar-refractivity contribution in [3.63, 3.8) is 0 Å². The molecule has 0 aliphatic carbocycles. The fourth-order valence-corrected chi connectivity index (χ4v) is 1.75. The minimum absolute atomic E-state index is 0.280. The molecule has 4 nitrogen and oxygen atoms in total. The normalized spacial score (nSPS) is 16.6. The largest absolute Gasteiger partial charge is 0.454 e. The first-order valence-electron chi connectivity index (χ1n) is 5.52. The second-order valence-electron chi connectivity index (χ2n) is 4.64. The summed E-state index contributed by atoms with van der Waals surface area (Å²) in [6.07, 6.45) is 0.660. The Morgan fingerprint density at radius 2 is 2.06 bits per heavy atom. The zero-order valence-electron chi connectivity index (χ0n) is 10.4. The van der Waals surface area contributed by atoms with Gasteiger partial charge in [-0.15, -0.1) is 0 Å². The molecule has 1 atom stereocenters. The summed E-state index contributed by atoms with van der Waals surface area (Å²) >= 11 is 0. The standard InChI is InChI=1S/C13H16N2O2/c1-13(8-14,15(2)3)7-10-4-5-11-12(6-10)17-9-16-11/h4-6H,7,9H2,1-3H3. The van der Waals surface area contributed by atoms with Gasteiger partial charge < -0.3 is 9.47 Å². The monoisotopic (exact) mass is 232 g/mol. The van der Waals surface area contributed by atoms with E-state index in [-0.39, 0.29) is 6.79 Å². The topological polar surface area (TPSA) is 45.5 Å². The van der Waals surface area contributed by atoms with Crippen LogP contribution in [0.4, 0.5) is 0 Å². The number of nitrogens with zero attached hydrogens (tertiary/aromatic N) is 2. The third-order valence-electron chi connectivity index (χ3n) is 3.21. The third-order valence-corrected chi connectivity index (χ3v) is 3.21. The van der Waals surface area contributed by atoms with E-state index in [9.17, 15) is 5.26 Å². The molecule has 17 heavy (non-hydrogen) atoms. The molecule has 1 aromatic carbocycles. The molecule has 1 aromatic rings. The number of likely N-dealkylation sites (N-methyl/N-ethyl adjacent to an activating group) is 1. The highest BCUT2D eigenvalue weighted by molar-refractivity contribution is 5.45. The zero-order valence-corrected chi connectivity index (χ0v) is 10.4. The van der Waals surface area contributed by atoms with Gasteiger partial charge in [-0.05, 0) is 38.7 Å². The summed E-state index contributed by atoms with van der Waals surface area (Å²) in [6, 6.07) is 8.17. The average Bonchev–Trinajstić information content (AvgIpc) is 2.75. The molecule has 0 amide bonds. The van der Waals surface area contributed by atoms with Crippen LogP contribution < -0.4 is 9.47 Å². The Labute approximate surface area is 101 Å². The van der Waals surface area contributed by atoms with E-state index in [2.05, 4.69) is 6.07 Å². The molecular formula is C13H16N2O2. The van der Waals surface area contributed by atoms with E-state index in [1.165, 1.54) is 0 Å². The van der Waals surface area contributed by atoms with Crippen LogP contribution in [0.3, 0.4) is 0 Å². The van der Waals surface area contributed by atoms with Gasteiger partial charge >= 0.3 is 0 Å². The summed E-state index contributed by atoms with van der Waals surface area (Å²) in [4.78, 5) is 1.93. The SMILES string of the molecule is CN(C)C(C)(C#N)Cc1ccc2c(c1)OCO2. The fraction of sp³-hybridized carbons (Fsp3) is 0.462. The van der Waals surface area contributed by atoms with Crippen LogP contribution in [0.1, 0.15) is 12.5 Å². The molecule has 0 N–H and O–H groups in total. The fourth-order valence-electron chi connectivity index (χ4n) is 1.75. The van der Waals surface area contributed by atoms with Crippen molar-refractivity contribution in [2.24, 2.45) is 0 Å². The van der Waals surface area contributed by atoms with Gasteiger partial charge in [-0.2, -0.15) is 5.26 Å².